The van der Waals surface area contributed by atoms with E-state index in [4.69, 9.17) is 15.4 Å². The number of ether oxygens (including phenoxy) is 1. The van der Waals surface area contributed by atoms with Gasteiger partial charge in [-0.2, -0.15) is 0 Å². The van der Waals surface area contributed by atoms with Gasteiger partial charge in [-0.15, -0.1) is 0 Å². The van der Waals surface area contributed by atoms with Crippen molar-refractivity contribution in [1.29, 1.82) is 0 Å². The van der Waals surface area contributed by atoms with E-state index in [1.165, 1.54) is 0 Å². The van der Waals surface area contributed by atoms with Crippen LogP contribution < -0.4 is 0 Å². The Hall–Kier alpha value is 0.160. The first-order valence-electron chi connectivity index (χ1n) is 4.31. The van der Waals surface area contributed by atoms with Crippen LogP contribution in [0, 0.1) is 0 Å². The second-order valence-electron chi connectivity index (χ2n) is 2.99. The van der Waals surface area contributed by atoms with Gasteiger partial charge in [0.05, 0.1) is 13.2 Å². The van der Waals surface area contributed by atoms with Gasteiger partial charge in [-0.25, -0.2) is 8.42 Å². The molecule has 1 unspecified atom stereocenters. The van der Waals surface area contributed by atoms with Gasteiger partial charge in [-0.05, 0) is 6.42 Å². The van der Waals surface area contributed by atoms with Crippen molar-refractivity contribution < 1.29 is 13.2 Å². The molecule has 0 spiro atoms. The van der Waals surface area contributed by atoms with Gasteiger partial charge in [0.2, 0.25) is 9.05 Å². The molecule has 13 heavy (non-hydrogen) atoms. The molecule has 0 N–H and O–H groups in total. The second kappa shape index (κ2) is 4.59. The molecule has 0 saturated carbocycles. The molecule has 0 aromatic carbocycles. The Morgan fingerprint density at radius 1 is 1.46 bits per heavy atom. The number of hydrogen-bond acceptors (Lipinski definition) is 4. The zero-order valence-corrected chi connectivity index (χ0v) is 9.14. The summed E-state index contributed by atoms with van der Waals surface area (Å²) >= 11 is 0. The standard InChI is InChI=1S/C7H14ClNO3S/c1-2-7(13(8,10)11)9-3-5-12-6-4-9/h7H,2-6H2,1H3. The van der Waals surface area contributed by atoms with Crippen LogP contribution in [-0.4, -0.2) is 45.0 Å². The van der Waals surface area contributed by atoms with Crippen molar-refractivity contribution in [2.75, 3.05) is 26.3 Å². The van der Waals surface area contributed by atoms with Gasteiger partial charge >= 0.3 is 0 Å². The summed E-state index contributed by atoms with van der Waals surface area (Å²) in [7, 11) is 1.85. The molecular weight excluding hydrogens is 214 g/mol. The third kappa shape index (κ3) is 3.09. The molecule has 1 saturated heterocycles. The van der Waals surface area contributed by atoms with Crippen molar-refractivity contribution >= 4 is 19.7 Å². The average Bonchev–Trinajstić information content (AvgIpc) is 2.05. The van der Waals surface area contributed by atoms with Crippen LogP contribution in [-0.2, 0) is 13.8 Å². The van der Waals surface area contributed by atoms with Crippen LogP contribution in [0.2, 0.25) is 0 Å². The van der Waals surface area contributed by atoms with Gasteiger partial charge in [0, 0.05) is 23.8 Å². The van der Waals surface area contributed by atoms with Crippen LogP contribution in [0.15, 0.2) is 0 Å². The van der Waals surface area contributed by atoms with Gasteiger partial charge in [0.1, 0.15) is 5.37 Å². The molecule has 1 aliphatic heterocycles. The molecule has 1 fully saturated rings. The number of rotatable bonds is 3. The molecule has 1 atom stereocenters. The number of nitrogens with zero attached hydrogens (tertiary/aromatic N) is 1. The minimum atomic E-state index is -3.47. The van der Waals surface area contributed by atoms with Crippen LogP contribution >= 0.6 is 10.7 Å². The largest absolute Gasteiger partial charge is 0.379 e. The predicted molar refractivity (Wildman–Crippen MR) is 51.2 cm³/mol. The Bertz CT molecular complexity index is 248. The minimum Gasteiger partial charge on any atom is -0.379 e. The Morgan fingerprint density at radius 3 is 2.38 bits per heavy atom. The van der Waals surface area contributed by atoms with E-state index in [-0.39, 0.29) is 0 Å². The third-order valence-electron chi connectivity index (χ3n) is 2.13. The van der Waals surface area contributed by atoms with Gasteiger partial charge < -0.3 is 4.74 Å². The van der Waals surface area contributed by atoms with Crippen LogP contribution in [0.5, 0.6) is 0 Å². The molecule has 0 aliphatic carbocycles. The van der Waals surface area contributed by atoms with Crippen molar-refractivity contribution in [3.63, 3.8) is 0 Å². The Kier molecular flexibility index (Phi) is 3.97. The van der Waals surface area contributed by atoms with Gasteiger partial charge in [0.15, 0.2) is 0 Å². The van der Waals surface area contributed by atoms with E-state index < -0.39 is 14.4 Å². The molecule has 0 aromatic heterocycles. The molecule has 0 radical (unpaired) electrons. The number of morpholine rings is 1. The molecule has 1 heterocycles. The lowest BCUT2D eigenvalue weighted by molar-refractivity contribution is 0.0309. The van der Waals surface area contributed by atoms with Gasteiger partial charge in [0.25, 0.3) is 0 Å². The number of halogens is 1. The van der Waals surface area contributed by atoms with Crippen molar-refractivity contribution in [3.05, 3.63) is 0 Å². The van der Waals surface area contributed by atoms with E-state index in [1.807, 2.05) is 11.8 Å². The van der Waals surface area contributed by atoms with E-state index in [0.29, 0.717) is 32.7 Å². The first-order chi connectivity index (χ1) is 6.05. The average molecular weight is 228 g/mol. The van der Waals surface area contributed by atoms with Gasteiger partial charge in [-0.3, -0.25) is 4.90 Å². The molecular formula is C7H14ClNO3S. The van der Waals surface area contributed by atoms with Crippen LogP contribution in [0.3, 0.4) is 0 Å². The SMILES string of the molecule is CCC(N1CCOCC1)S(=O)(=O)Cl. The zero-order chi connectivity index (χ0) is 9.90. The maximum atomic E-state index is 11.1. The molecule has 0 bridgehead atoms. The summed E-state index contributed by atoms with van der Waals surface area (Å²) in [4.78, 5) is 1.85. The summed E-state index contributed by atoms with van der Waals surface area (Å²) in [6, 6.07) is 0. The summed E-state index contributed by atoms with van der Waals surface area (Å²) in [6.45, 7) is 4.28. The summed E-state index contributed by atoms with van der Waals surface area (Å²) in [5, 5.41) is -0.557. The third-order valence-corrected chi connectivity index (χ3v) is 4.03. The molecule has 6 heteroatoms. The van der Waals surface area contributed by atoms with Crippen molar-refractivity contribution in [1.82, 2.24) is 4.90 Å². The summed E-state index contributed by atoms with van der Waals surface area (Å²) in [5.74, 6) is 0. The normalized spacial score (nSPS) is 22.9. The summed E-state index contributed by atoms with van der Waals surface area (Å²) in [6.07, 6.45) is 0.520. The highest BCUT2D eigenvalue weighted by atomic mass is 35.7. The Balaban J connectivity index is 2.65. The Labute approximate surface area is 83.2 Å². The maximum Gasteiger partial charge on any atom is 0.248 e. The lowest BCUT2D eigenvalue weighted by atomic mass is 10.3. The van der Waals surface area contributed by atoms with Crippen molar-refractivity contribution in [2.24, 2.45) is 0 Å². The van der Waals surface area contributed by atoms with Crippen LogP contribution in [0.25, 0.3) is 0 Å². The molecule has 78 valence electrons. The maximum absolute atomic E-state index is 11.1. The lowest BCUT2D eigenvalue weighted by Gasteiger charge is -2.31. The summed E-state index contributed by atoms with van der Waals surface area (Å²) < 4.78 is 27.4. The van der Waals surface area contributed by atoms with E-state index in [1.54, 1.807) is 0 Å². The zero-order valence-electron chi connectivity index (χ0n) is 7.57. The highest BCUT2D eigenvalue weighted by Crippen LogP contribution is 2.17. The fraction of sp³-hybridized carbons (Fsp3) is 1.00. The first-order valence-corrected chi connectivity index (χ1v) is 6.68. The topological polar surface area (TPSA) is 46.6 Å². The summed E-state index contributed by atoms with van der Waals surface area (Å²) in [5.41, 5.74) is 0. The second-order valence-corrected chi connectivity index (χ2v) is 5.77. The highest BCUT2D eigenvalue weighted by Gasteiger charge is 2.29. The minimum absolute atomic E-state index is 0.520. The smallest absolute Gasteiger partial charge is 0.248 e. The molecule has 1 aliphatic rings. The van der Waals surface area contributed by atoms with Gasteiger partial charge in [-0.1, -0.05) is 6.92 Å². The van der Waals surface area contributed by atoms with E-state index >= 15 is 0 Å². The molecule has 4 nitrogen and oxygen atoms in total. The monoisotopic (exact) mass is 227 g/mol. The molecule has 1 rings (SSSR count). The van der Waals surface area contributed by atoms with Crippen LogP contribution in [0.1, 0.15) is 13.3 Å². The lowest BCUT2D eigenvalue weighted by Crippen LogP contribution is -2.45. The predicted octanol–water partition coefficient (Wildman–Crippen LogP) is 0.623. The number of hydrogen-bond donors (Lipinski definition) is 0. The molecule has 0 aromatic rings. The molecule has 0 amide bonds. The van der Waals surface area contributed by atoms with Crippen molar-refractivity contribution in [2.45, 2.75) is 18.7 Å². The highest BCUT2D eigenvalue weighted by molar-refractivity contribution is 8.14. The van der Waals surface area contributed by atoms with Crippen molar-refractivity contribution in [3.8, 4) is 0 Å². The first kappa shape index (κ1) is 11.2. The fourth-order valence-electron chi connectivity index (χ4n) is 1.50. The fourth-order valence-corrected chi connectivity index (χ4v) is 3.18. The van der Waals surface area contributed by atoms with E-state index in [0.717, 1.165) is 0 Å². The quantitative estimate of drug-likeness (QED) is 0.664. The van der Waals surface area contributed by atoms with E-state index in [9.17, 15) is 8.42 Å². The van der Waals surface area contributed by atoms with Crippen LogP contribution in [0.4, 0.5) is 0 Å². The van der Waals surface area contributed by atoms with E-state index in [2.05, 4.69) is 0 Å². The Morgan fingerprint density at radius 2 is 2.00 bits per heavy atom.